The van der Waals surface area contributed by atoms with E-state index in [1.54, 1.807) is 13.1 Å². The Morgan fingerprint density at radius 3 is 2.89 bits per heavy atom. The third kappa shape index (κ3) is 1.52. The van der Waals surface area contributed by atoms with Gasteiger partial charge in [-0.1, -0.05) is 12.1 Å². The third-order valence-corrected chi connectivity index (χ3v) is 3.55. The van der Waals surface area contributed by atoms with Crippen molar-refractivity contribution in [2.24, 2.45) is 12.0 Å². The van der Waals surface area contributed by atoms with Crippen LogP contribution in [0.3, 0.4) is 0 Å². The first kappa shape index (κ1) is 11.3. The summed E-state index contributed by atoms with van der Waals surface area (Å²) in [5.74, 6) is -0.205. The molecule has 1 N–H and O–H groups in total. The van der Waals surface area contributed by atoms with Crippen LogP contribution in [0.5, 0.6) is 5.88 Å². The molecular weight excluding hydrogens is 231 g/mol. The van der Waals surface area contributed by atoms with Crippen LogP contribution in [0, 0.1) is 5.82 Å². The molecule has 1 aliphatic heterocycles. The molecule has 4 heteroatoms. The molecule has 0 aliphatic carbocycles. The Labute approximate surface area is 105 Å². The highest BCUT2D eigenvalue weighted by Crippen LogP contribution is 2.34. The number of hydrogen-bond donors (Lipinski definition) is 1. The van der Waals surface area contributed by atoms with Crippen LogP contribution in [0.4, 0.5) is 4.39 Å². The number of halogens is 1. The van der Waals surface area contributed by atoms with Crippen LogP contribution in [0.2, 0.25) is 0 Å². The lowest BCUT2D eigenvalue weighted by atomic mass is 10.0. The van der Waals surface area contributed by atoms with E-state index in [0.29, 0.717) is 11.1 Å². The zero-order valence-electron chi connectivity index (χ0n) is 10.3. The minimum absolute atomic E-state index is 0.107. The molecule has 1 aliphatic rings. The van der Waals surface area contributed by atoms with Crippen molar-refractivity contribution in [3.05, 3.63) is 29.6 Å². The van der Waals surface area contributed by atoms with Gasteiger partial charge in [0, 0.05) is 24.7 Å². The molecule has 1 aromatic carbocycles. The van der Waals surface area contributed by atoms with Crippen LogP contribution in [-0.2, 0) is 7.05 Å². The number of aryl methyl sites for hydroxylation is 1. The lowest BCUT2D eigenvalue weighted by molar-refractivity contribution is 0.432. The SMILES string of the molecule is Cn1c(O)c(C2=NCCCC2)c2cccc(F)c21. The van der Waals surface area contributed by atoms with Gasteiger partial charge in [0.15, 0.2) is 0 Å². The third-order valence-electron chi connectivity index (χ3n) is 3.55. The summed E-state index contributed by atoms with van der Waals surface area (Å²) >= 11 is 0. The number of benzene rings is 1. The molecule has 0 saturated heterocycles. The molecule has 94 valence electrons. The Balaban J connectivity index is 2.32. The minimum Gasteiger partial charge on any atom is -0.494 e. The van der Waals surface area contributed by atoms with Crippen LogP contribution >= 0.6 is 0 Å². The molecule has 0 amide bonds. The number of fused-ring (bicyclic) bond motifs is 1. The van der Waals surface area contributed by atoms with Crippen LogP contribution in [-0.4, -0.2) is 21.9 Å². The largest absolute Gasteiger partial charge is 0.494 e. The molecular formula is C14H15FN2O. The number of para-hydroxylation sites is 1. The number of aromatic nitrogens is 1. The van der Waals surface area contributed by atoms with Gasteiger partial charge in [-0.15, -0.1) is 0 Å². The fraction of sp³-hybridized carbons (Fsp3) is 0.357. The normalized spacial score (nSPS) is 16.0. The molecule has 0 radical (unpaired) electrons. The lowest BCUT2D eigenvalue weighted by Gasteiger charge is -2.11. The van der Waals surface area contributed by atoms with Crippen LogP contribution in [0.15, 0.2) is 23.2 Å². The van der Waals surface area contributed by atoms with Crippen molar-refractivity contribution in [1.82, 2.24) is 4.57 Å². The fourth-order valence-electron chi connectivity index (χ4n) is 2.64. The standard InChI is InChI=1S/C14H15FN2O/c1-17-13-9(5-4-6-10(13)15)12(14(17)18)11-7-2-3-8-16-11/h4-6,18H,2-3,7-8H2,1H3. The Kier molecular flexibility index (Phi) is 2.58. The highest BCUT2D eigenvalue weighted by atomic mass is 19.1. The molecule has 3 rings (SSSR count). The highest BCUT2D eigenvalue weighted by Gasteiger charge is 2.21. The van der Waals surface area contributed by atoms with Gasteiger partial charge in [-0.2, -0.15) is 0 Å². The average molecular weight is 246 g/mol. The zero-order chi connectivity index (χ0) is 12.7. The summed E-state index contributed by atoms with van der Waals surface area (Å²) in [5.41, 5.74) is 2.04. The lowest BCUT2D eigenvalue weighted by Crippen LogP contribution is -2.07. The van der Waals surface area contributed by atoms with Crippen molar-refractivity contribution in [3.63, 3.8) is 0 Å². The summed E-state index contributed by atoms with van der Waals surface area (Å²) in [5, 5.41) is 11.0. The van der Waals surface area contributed by atoms with Gasteiger partial charge in [0.05, 0.1) is 11.1 Å². The van der Waals surface area contributed by atoms with Crippen molar-refractivity contribution in [3.8, 4) is 5.88 Å². The van der Waals surface area contributed by atoms with E-state index in [4.69, 9.17) is 0 Å². The van der Waals surface area contributed by atoms with E-state index in [2.05, 4.69) is 4.99 Å². The first-order chi connectivity index (χ1) is 8.70. The Hall–Kier alpha value is -1.84. The topological polar surface area (TPSA) is 37.5 Å². The molecule has 0 atom stereocenters. The molecule has 0 fully saturated rings. The molecule has 0 unspecified atom stereocenters. The second-order valence-corrected chi connectivity index (χ2v) is 4.68. The maximum atomic E-state index is 13.8. The van der Waals surface area contributed by atoms with Gasteiger partial charge in [0.25, 0.3) is 0 Å². The predicted molar refractivity (Wildman–Crippen MR) is 69.8 cm³/mol. The summed E-state index contributed by atoms with van der Waals surface area (Å²) in [6.45, 7) is 0.792. The monoisotopic (exact) mass is 246 g/mol. The second-order valence-electron chi connectivity index (χ2n) is 4.68. The number of aromatic hydroxyl groups is 1. The molecule has 2 heterocycles. The van der Waals surface area contributed by atoms with Crippen LogP contribution in [0.1, 0.15) is 24.8 Å². The maximum absolute atomic E-state index is 13.8. The van der Waals surface area contributed by atoms with Crippen LogP contribution < -0.4 is 0 Å². The van der Waals surface area contributed by atoms with Gasteiger partial charge in [-0.05, 0) is 25.3 Å². The zero-order valence-corrected chi connectivity index (χ0v) is 10.3. The summed E-state index contributed by atoms with van der Waals surface area (Å²) in [6, 6.07) is 4.92. The molecule has 3 nitrogen and oxygen atoms in total. The van der Waals surface area contributed by atoms with Crippen molar-refractivity contribution in [1.29, 1.82) is 0 Å². The molecule has 0 spiro atoms. The van der Waals surface area contributed by atoms with E-state index in [9.17, 15) is 9.50 Å². The van der Waals surface area contributed by atoms with Gasteiger partial charge < -0.3 is 9.67 Å². The number of nitrogens with zero attached hydrogens (tertiary/aromatic N) is 2. The van der Waals surface area contributed by atoms with Crippen molar-refractivity contribution < 1.29 is 9.50 Å². The van der Waals surface area contributed by atoms with E-state index in [1.165, 1.54) is 10.6 Å². The molecule has 0 bridgehead atoms. The predicted octanol–water partition coefficient (Wildman–Crippen LogP) is 3.00. The number of aliphatic imine (C=N–C) groups is 1. The van der Waals surface area contributed by atoms with Gasteiger partial charge in [-0.25, -0.2) is 4.39 Å². The first-order valence-corrected chi connectivity index (χ1v) is 6.19. The average Bonchev–Trinajstić information content (AvgIpc) is 2.64. The summed E-state index contributed by atoms with van der Waals surface area (Å²) in [6.07, 6.45) is 3.01. The van der Waals surface area contributed by atoms with Gasteiger partial charge >= 0.3 is 0 Å². The molecule has 18 heavy (non-hydrogen) atoms. The Bertz CT molecular complexity index is 643. The van der Waals surface area contributed by atoms with E-state index < -0.39 is 0 Å². The molecule has 2 aromatic rings. The maximum Gasteiger partial charge on any atom is 0.201 e. The quantitative estimate of drug-likeness (QED) is 0.825. The summed E-state index contributed by atoms with van der Waals surface area (Å²) < 4.78 is 15.3. The van der Waals surface area contributed by atoms with Crippen molar-refractivity contribution in [2.45, 2.75) is 19.3 Å². The smallest absolute Gasteiger partial charge is 0.201 e. The molecule has 0 saturated carbocycles. The van der Waals surface area contributed by atoms with E-state index >= 15 is 0 Å². The van der Waals surface area contributed by atoms with Gasteiger partial charge in [0.2, 0.25) is 5.88 Å². The van der Waals surface area contributed by atoms with E-state index in [-0.39, 0.29) is 11.7 Å². The number of rotatable bonds is 1. The Morgan fingerprint density at radius 2 is 2.17 bits per heavy atom. The van der Waals surface area contributed by atoms with Crippen LogP contribution in [0.25, 0.3) is 10.9 Å². The molecule has 1 aromatic heterocycles. The van der Waals surface area contributed by atoms with E-state index in [1.807, 2.05) is 6.07 Å². The highest BCUT2D eigenvalue weighted by molar-refractivity contribution is 6.13. The first-order valence-electron chi connectivity index (χ1n) is 6.19. The van der Waals surface area contributed by atoms with Crippen molar-refractivity contribution in [2.75, 3.05) is 6.54 Å². The summed E-state index contributed by atoms with van der Waals surface area (Å²) in [7, 11) is 1.67. The Morgan fingerprint density at radius 1 is 1.33 bits per heavy atom. The fourth-order valence-corrected chi connectivity index (χ4v) is 2.64. The number of hydrogen-bond acceptors (Lipinski definition) is 2. The minimum atomic E-state index is -0.312. The van der Waals surface area contributed by atoms with Crippen molar-refractivity contribution >= 4 is 16.6 Å². The van der Waals surface area contributed by atoms with Gasteiger partial charge in [-0.3, -0.25) is 4.99 Å². The summed E-state index contributed by atoms with van der Waals surface area (Å²) in [4.78, 5) is 4.47. The van der Waals surface area contributed by atoms with Gasteiger partial charge in [0.1, 0.15) is 5.82 Å². The van der Waals surface area contributed by atoms with E-state index in [0.717, 1.165) is 36.9 Å². The second kappa shape index (κ2) is 4.12.